The third-order valence-electron chi connectivity index (χ3n) is 6.27. The van der Waals surface area contributed by atoms with Gasteiger partial charge in [0.2, 0.25) is 0 Å². The van der Waals surface area contributed by atoms with Crippen molar-refractivity contribution < 1.29 is 10.2 Å². The summed E-state index contributed by atoms with van der Waals surface area (Å²) in [6.07, 6.45) is 7.25. The highest BCUT2D eigenvalue weighted by Gasteiger charge is 2.21. The van der Waals surface area contributed by atoms with Gasteiger partial charge in [-0.05, 0) is 93.3 Å². The van der Waals surface area contributed by atoms with Gasteiger partial charge in [-0.2, -0.15) is 0 Å². The van der Waals surface area contributed by atoms with Gasteiger partial charge in [0.1, 0.15) is 11.5 Å². The molecule has 31 heavy (non-hydrogen) atoms. The van der Waals surface area contributed by atoms with E-state index in [1.54, 1.807) is 0 Å². The highest BCUT2D eigenvalue weighted by molar-refractivity contribution is 7.84. The van der Waals surface area contributed by atoms with Crippen LogP contribution in [0.2, 0.25) is 0 Å². The second kappa shape index (κ2) is 9.69. The molecular formula is C27H33NO2S. The van der Waals surface area contributed by atoms with Crippen molar-refractivity contribution in [1.29, 1.82) is 0 Å². The molecule has 0 radical (unpaired) electrons. The number of nitrogens with zero attached hydrogens (tertiary/aromatic N) is 1. The van der Waals surface area contributed by atoms with E-state index in [2.05, 4.69) is 51.3 Å². The van der Waals surface area contributed by atoms with Gasteiger partial charge >= 0.3 is 0 Å². The largest absolute Gasteiger partial charge is 0.508 e. The molecule has 0 heterocycles. The lowest BCUT2D eigenvalue weighted by molar-refractivity contribution is 0.445. The molecule has 2 aromatic rings. The molecule has 0 spiro atoms. The molecule has 0 saturated carbocycles. The van der Waals surface area contributed by atoms with Crippen LogP contribution in [0.3, 0.4) is 0 Å². The molecule has 0 bridgehead atoms. The van der Waals surface area contributed by atoms with Crippen molar-refractivity contribution in [3.8, 4) is 11.5 Å². The lowest BCUT2D eigenvalue weighted by Crippen LogP contribution is -2.18. The molecule has 3 rings (SSSR count). The number of rotatable bonds is 5. The first-order chi connectivity index (χ1) is 14.8. The van der Waals surface area contributed by atoms with Crippen LogP contribution in [-0.4, -0.2) is 10.2 Å². The van der Waals surface area contributed by atoms with Gasteiger partial charge in [0.15, 0.2) is 0 Å². The van der Waals surface area contributed by atoms with Crippen LogP contribution >= 0.6 is 12.6 Å². The number of aromatic hydroxyl groups is 2. The maximum absolute atomic E-state index is 10.6. The zero-order valence-electron chi connectivity index (χ0n) is 19.0. The number of thiol groups is 1. The van der Waals surface area contributed by atoms with Crippen LogP contribution in [0.1, 0.15) is 69.2 Å². The molecule has 0 atom stereocenters. The minimum absolute atomic E-state index is 0.0283. The van der Waals surface area contributed by atoms with E-state index in [9.17, 15) is 10.2 Å². The topological polar surface area (TPSA) is 43.7 Å². The Morgan fingerprint density at radius 1 is 1.10 bits per heavy atom. The Hall–Kier alpha value is -2.59. The molecule has 2 N–H and O–H groups in total. The highest BCUT2D eigenvalue weighted by Crippen LogP contribution is 2.40. The van der Waals surface area contributed by atoms with Gasteiger partial charge in [-0.1, -0.05) is 31.2 Å². The van der Waals surface area contributed by atoms with Gasteiger partial charge < -0.3 is 15.1 Å². The number of hydrogen-bond donors (Lipinski definition) is 3. The molecule has 0 unspecified atom stereocenters. The Kier molecular flexibility index (Phi) is 7.22. The molecule has 0 aromatic heterocycles. The van der Waals surface area contributed by atoms with Crippen LogP contribution in [-0.2, 0) is 12.8 Å². The average molecular weight is 436 g/mol. The normalized spacial score (nSPS) is 17.0. The fourth-order valence-corrected chi connectivity index (χ4v) is 4.56. The lowest BCUT2D eigenvalue weighted by atomic mass is 9.89. The Morgan fingerprint density at radius 2 is 1.81 bits per heavy atom. The first-order valence-electron chi connectivity index (χ1n) is 11.0. The van der Waals surface area contributed by atoms with Crippen LogP contribution in [0.25, 0.3) is 11.3 Å². The second-order valence-corrected chi connectivity index (χ2v) is 8.75. The molecular weight excluding hydrogens is 402 g/mol. The van der Waals surface area contributed by atoms with Gasteiger partial charge in [0, 0.05) is 17.3 Å². The maximum atomic E-state index is 10.6. The molecule has 3 nitrogen and oxygen atoms in total. The Labute approximate surface area is 191 Å². The maximum Gasteiger partial charge on any atom is 0.128 e. The van der Waals surface area contributed by atoms with Gasteiger partial charge in [0.05, 0.1) is 10.7 Å². The zero-order valence-corrected chi connectivity index (χ0v) is 19.9. The third-order valence-corrected chi connectivity index (χ3v) is 6.47. The minimum Gasteiger partial charge on any atom is -0.508 e. The molecule has 0 saturated heterocycles. The lowest BCUT2D eigenvalue weighted by Gasteiger charge is -2.29. The van der Waals surface area contributed by atoms with Crippen molar-refractivity contribution in [2.45, 2.75) is 59.8 Å². The third kappa shape index (κ3) is 4.69. The van der Waals surface area contributed by atoms with Crippen molar-refractivity contribution in [2.75, 3.05) is 4.90 Å². The van der Waals surface area contributed by atoms with Crippen LogP contribution in [0.15, 0.2) is 53.6 Å². The predicted octanol–water partition coefficient (Wildman–Crippen LogP) is 7.45. The van der Waals surface area contributed by atoms with Crippen LogP contribution in [0.4, 0.5) is 5.69 Å². The molecule has 1 aliphatic rings. The number of anilines is 1. The summed E-state index contributed by atoms with van der Waals surface area (Å²) in [4.78, 5) is 1.95. The molecule has 4 heteroatoms. The van der Waals surface area contributed by atoms with E-state index in [0.29, 0.717) is 17.0 Å². The van der Waals surface area contributed by atoms with Gasteiger partial charge in [-0.3, -0.25) is 0 Å². The van der Waals surface area contributed by atoms with Crippen LogP contribution in [0, 0.1) is 0 Å². The van der Waals surface area contributed by atoms with E-state index in [1.165, 1.54) is 41.2 Å². The number of hydrogen-bond acceptors (Lipinski definition) is 4. The van der Waals surface area contributed by atoms with Gasteiger partial charge in [0.25, 0.3) is 0 Å². The molecule has 0 aliphatic heterocycles. The van der Waals surface area contributed by atoms with Crippen LogP contribution < -0.4 is 4.90 Å². The van der Waals surface area contributed by atoms with Crippen molar-refractivity contribution in [2.24, 2.45) is 0 Å². The average Bonchev–Trinajstić information content (AvgIpc) is 2.74. The van der Waals surface area contributed by atoms with Crippen molar-refractivity contribution in [1.82, 2.24) is 0 Å². The quantitative estimate of drug-likeness (QED) is 0.427. The smallest absolute Gasteiger partial charge is 0.128 e. The van der Waals surface area contributed by atoms with Crippen molar-refractivity contribution in [3.63, 3.8) is 0 Å². The Balaban J connectivity index is 2.16. The van der Waals surface area contributed by atoms with Gasteiger partial charge in [-0.25, -0.2) is 0 Å². The summed E-state index contributed by atoms with van der Waals surface area (Å²) in [5.74, 6) is 0.133. The fourth-order valence-electron chi connectivity index (χ4n) is 4.34. The van der Waals surface area contributed by atoms with E-state index in [0.717, 1.165) is 29.8 Å². The summed E-state index contributed by atoms with van der Waals surface area (Å²) in [7, 11) is 0. The Morgan fingerprint density at radius 3 is 2.45 bits per heavy atom. The van der Waals surface area contributed by atoms with E-state index in [1.807, 2.05) is 30.9 Å². The van der Waals surface area contributed by atoms with E-state index in [4.69, 9.17) is 0 Å². The SMILES string of the molecule is C=C(S)N(/C(=C\C)c1cc(CC)c(O)cc1O)c1ccc2c(c1)/C(C)=C(/C)CCCC2. The number of fused-ring (bicyclic) bond motifs is 1. The first-order valence-corrected chi connectivity index (χ1v) is 11.4. The number of phenols is 2. The minimum atomic E-state index is 0.0283. The number of allylic oxidation sites excluding steroid dienone is 3. The van der Waals surface area contributed by atoms with Gasteiger partial charge in [-0.15, -0.1) is 12.6 Å². The standard InChI is InChI=1S/C27H33NO2S/c1-6-20-14-24(27(30)16-26(20)29)25(7-2)28(19(5)31)22-13-12-21-11-9-8-10-17(3)18(4)23(21)15-22/h7,12-16,29-31H,5-6,8-11H2,1-4H3/b18-17-,25-7-. The fraction of sp³-hybridized carbons (Fsp3) is 0.333. The number of aryl methyl sites for hydroxylation is 2. The van der Waals surface area contributed by atoms with Crippen LogP contribution in [0.5, 0.6) is 11.5 Å². The Bertz CT molecular complexity index is 1070. The summed E-state index contributed by atoms with van der Waals surface area (Å²) in [5.41, 5.74) is 8.56. The molecule has 0 fully saturated rings. The van der Waals surface area contributed by atoms with Crippen molar-refractivity contribution >= 4 is 29.6 Å². The second-order valence-electron chi connectivity index (χ2n) is 8.23. The summed E-state index contributed by atoms with van der Waals surface area (Å²) < 4.78 is 0. The van der Waals surface area contributed by atoms with Crippen molar-refractivity contribution in [3.05, 3.63) is 75.8 Å². The monoisotopic (exact) mass is 435 g/mol. The summed E-state index contributed by atoms with van der Waals surface area (Å²) in [6, 6.07) is 9.77. The molecule has 1 aliphatic carbocycles. The summed E-state index contributed by atoms with van der Waals surface area (Å²) in [5, 5.41) is 21.3. The molecule has 2 aromatic carbocycles. The number of phenolic OH excluding ortho intramolecular Hbond substituents is 2. The summed E-state index contributed by atoms with van der Waals surface area (Å²) >= 11 is 4.60. The van der Waals surface area contributed by atoms with E-state index >= 15 is 0 Å². The predicted molar refractivity (Wildman–Crippen MR) is 136 cm³/mol. The van der Waals surface area contributed by atoms with E-state index in [-0.39, 0.29) is 11.5 Å². The highest BCUT2D eigenvalue weighted by atomic mass is 32.1. The van der Waals surface area contributed by atoms with E-state index < -0.39 is 0 Å². The molecule has 0 amide bonds. The summed E-state index contributed by atoms with van der Waals surface area (Å²) in [6.45, 7) is 12.4. The molecule has 164 valence electrons. The zero-order chi connectivity index (χ0) is 22.7. The first kappa shape index (κ1) is 23.1. The number of benzene rings is 2.